The van der Waals surface area contributed by atoms with Gasteiger partial charge in [-0.15, -0.1) is 0 Å². The molecule has 3 heteroatoms. The number of hydrogen-bond donors (Lipinski definition) is 1. The molecule has 0 bridgehead atoms. The van der Waals surface area contributed by atoms with Crippen LogP contribution in [0.5, 0.6) is 0 Å². The van der Waals surface area contributed by atoms with E-state index in [0.717, 1.165) is 12.1 Å². The molecule has 0 saturated heterocycles. The lowest BCUT2D eigenvalue weighted by atomic mass is 10.1. The Balaban J connectivity index is 2.16. The van der Waals surface area contributed by atoms with Crippen molar-refractivity contribution in [1.29, 1.82) is 0 Å². The van der Waals surface area contributed by atoms with Crippen LogP contribution < -0.4 is 5.32 Å². The number of benzene rings is 1. The van der Waals surface area contributed by atoms with E-state index in [-0.39, 0.29) is 12.0 Å². The molecule has 2 rings (SSSR count). The molecular formula is C13H17NO2. The molecule has 0 aliphatic carbocycles. The average Bonchev–Trinajstić information content (AvgIpc) is 2.58. The quantitative estimate of drug-likeness (QED) is 0.736. The summed E-state index contributed by atoms with van der Waals surface area (Å²) in [6, 6.07) is 7.63. The summed E-state index contributed by atoms with van der Waals surface area (Å²) in [5, 5.41) is 3.17. The summed E-state index contributed by atoms with van der Waals surface area (Å²) in [5.41, 5.74) is 1.78. The Hall–Kier alpha value is -1.35. The van der Waals surface area contributed by atoms with Crippen molar-refractivity contribution in [3.63, 3.8) is 0 Å². The Morgan fingerprint density at radius 3 is 2.75 bits per heavy atom. The number of ether oxygens (including phenoxy) is 1. The molecule has 86 valence electrons. The fraction of sp³-hybridized carbons (Fsp3) is 0.462. The number of carbonyl (C=O) groups is 1. The molecule has 1 aromatic rings. The molecule has 0 unspecified atom stereocenters. The maximum Gasteiger partial charge on any atom is 0.328 e. The van der Waals surface area contributed by atoms with Gasteiger partial charge >= 0.3 is 5.97 Å². The van der Waals surface area contributed by atoms with Gasteiger partial charge in [-0.3, -0.25) is 5.32 Å². The third kappa shape index (κ3) is 2.25. The van der Waals surface area contributed by atoms with Crippen molar-refractivity contribution in [2.75, 3.05) is 0 Å². The van der Waals surface area contributed by atoms with Gasteiger partial charge in [-0.05, 0) is 31.9 Å². The largest absolute Gasteiger partial charge is 0.459 e. The maximum absolute atomic E-state index is 11.9. The van der Waals surface area contributed by atoms with Crippen LogP contribution >= 0.6 is 0 Å². The molecule has 1 N–H and O–H groups in total. The van der Waals surface area contributed by atoms with Crippen LogP contribution in [0.25, 0.3) is 0 Å². The zero-order valence-corrected chi connectivity index (χ0v) is 9.91. The number of fused-ring (bicyclic) bond motifs is 1. The maximum atomic E-state index is 11.9. The second-order valence-corrected chi connectivity index (χ2v) is 5.05. The molecule has 16 heavy (non-hydrogen) atoms. The highest BCUT2D eigenvalue weighted by Crippen LogP contribution is 2.27. The number of carbonyl (C=O) groups excluding carboxylic acids is 1. The molecule has 0 amide bonds. The predicted octanol–water partition coefficient (Wildman–Crippen LogP) is 2.17. The average molecular weight is 219 g/mol. The van der Waals surface area contributed by atoms with Crippen LogP contribution in [0.4, 0.5) is 0 Å². The van der Waals surface area contributed by atoms with Gasteiger partial charge in [0.25, 0.3) is 0 Å². The molecule has 0 saturated carbocycles. The van der Waals surface area contributed by atoms with Crippen molar-refractivity contribution in [2.24, 2.45) is 0 Å². The minimum Gasteiger partial charge on any atom is -0.459 e. The molecule has 0 radical (unpaired) electrons. The van der Waals surface area contributed by atoms with E-state index >= 15 is 0 Å². The van der Waals surface area contributed by atoms with Crippen LogP contribution in [0.15, 0.2) is 24.3 Å². The van der Waals surface area contributed by atoms with Crippen LogP contribution in [0.1, 0.15) is 37.9 Å². The normalized spacial score (nSPS) is 19.3. The third-order valence-electron chi connectivity index (χ3n) is 2.51. The highest BCUT2D eigenvalue weighted by atomic mass is 16.6. The molecule has 0 fully saturated rings. The summed E-state index contributed by atoms with van der Waals surface area (Å²) in [6.07, 6.45) is 0. The Labute approximate surface area is 95.8 Å². The van der Waals surface area contributed by atoms with E-state index in [9.17, 15) is 4.79 Å². The van der Waals surface area contributed by atoms with E-state index < -0.39 is 5.60 Å². The van der Waals surface area contributed by atoms with Gasteiger partial charge in [-0.25, -0.2) is 4.79 Å². The first-order valence-corrected chi connectivity index (χ1v) is 5.51. The van der Waals surface area contributed by atoms with Crippen molar-refractivity contribution < 1.29 is 9.53 Å². The van der Waals surface area contributed by atoms with E-state index in [0.29, 0.717) is 0 Å². The Morgan fingerprint density at radius 2 is 2.06 bits per heavy atom. The van der Waals surface area contributed by atoms with Crippen LogP contribution in [0, 0.1) is 0 Å². The van der Waals surface area contributed by atoms with Gasteiger partial charge in [0.1, 0.15) is 11.6 Å². The predicted molar refractivity (Wildman–Crippen MR) is 61.9 cm³/mol. The Bertz CT molecular complexity index is 407. The fourth-order valence-corrected chi connectivity index (χ4v) is 1.87. The third-order valence-corrected chi connectivity index (χ3v) is 2.51. The lowest BCUT2D eigenvalue weighted by Gasteiger charge is -2.22. The lowest BCUT2D eigenvalue weighted by Crippen LogP contribution is -2.31. The summed E-state index contributed by atoms with van der Waals surface area (Å²) < 4.78 is 5.38. The van der Waals surface area contributed by atoms with E-state index in [4.69, 9.17) is 4.74 Å². The summed E-state index contributed by atoms with van der Waals surface area (Å²) in [6.45, 7) is 6.38. The summed E-state index contributed by atoms with van der Waals surface area (Å²) >= 11 is 0. The van der Waals surface area contributed by atoms with Gasteiger partial charge in [-0.2, -0.15) is 0 Å². The number of rotatable bonds is 1. The second kappa shape index (κ2) is 3.91. The van der Waals surface area contributed by atoms with Gasteiger partial charge in [0.15, 0.2) is 0 Å². The zero-order chi connectivity index (χ0) is 11.8. The molecule has 3 nitrogen and oxygen atoms in total. The smallest absolute Gasteiger partial charge is 0.328 e. The highest BCUT2D eigenvalue weighted by Gasteiger charge is 2.31. The second-order valence-electron chi connectivity index (χ2n) is 5.05. The Morgan fingerprint density at radius 1 is 1.38 bits per heavy atom. The van der Waals surface area contributed by atoms with E-state index in [1.807, 2.05) is 45.0 Å². The van der Waals surface area contributed by atoms with Gasteiger partial charge in [0.2, 0.25) is 0 Å². The molecule has 1 heterocycles. The summed E-state index contributed by atoms with van der Waals surface area (Å²) in [5.74, 6) is -0.197. The van der Waals surface area contributed by atoms with E-state index in [1.165, 1.54) is 5.56 Å². The van der Waals surface area contributed by atoms with Gasteiger partial charge in [-0.1, -0.05) is 24.3 Å². The van der Waals surface area contributed by atoms with Crippen molar-refractivity contribution >= 4 is 5.97 Å². The summed E-state index contributed by atoms with van der Waals surface area (Å²) in [7, 11) is 0. The monoisotopic (exact) mass is 219 g/mol. The minimum atomic E-state index is -0.434. The van der Waals surface area contributed by atoms with E-state index in [1.54, 1.807) is 0 Å². The van der Waals surface area contributed by atoms with Crippen molar-refractivity contribution in [2.45, 2.75) is 39.0 Å². The van der Waals surface area contributed by atoms with Crippen molar-refractivity contribution in [3.8, 4) is 0 Å². The zero-order valence-electron chi connectivity index (χ0n) is 9.91. The van der Waals surface area contributed by atoms with Crippen LogP contribution in [-0.4, -0.2) is 11.6 Å². The number of hydrogen-bond acceptors (Lipinski definition) is 3. The standard InChI is InChI=1S/C13H17NO2/c1-13(2,3)16-12(15)11-10-7-5-4-6-9(10)8-14-11/h4-7,11,14H,8H2,1-3H3/t11-/m1/s1. The molecule has 0 spiro atoms. The van der Waals surface area contributed by atoms with Crippen LogP contribution in [0.3, 0.4) is 0 Å². The molecule has 1 atom stereocenters. The highest BCUT2D eigenvalue weighted by molar-refractivity contribution is 5.79. The minimum absolute atomic E-state index is 0.197. The Kier molecular flexibility index (Phi) is 2.72. The van der Waals surface area contributed by atoms with Gasteiger partial charge in [0, 0.05) is 6.54 Å². The molecule has 0 aromatic heterocycles. The number of esters is 1. The van der Waals surface area contributed by atoms with E-state index in [2.05, 4.69) is 5.32 Å². The molecular weight excluding hydrogens is 202 g/mol. The summed E-state index contributed by atoms with van der Waals surface area (Å²) in [4.78, 5) is 11.9. The first kappa shape index (κ1) is 11.1. The lowest BCUT2D eigenvalue weighted by molar-refractivity contribution is -0.157. The number of nitrogens with one attached hydrogen (secondary N) is 1. The van der Waals surface area contributed by atoms with Crippen LogP contribution in [0.2, 0.25) is 0 Å². The van der Waals surface area contributed by atoms with Crippen LogP contribution in [-0.2, 0) is 16.1 Å². The first-order chi connectivity index (χ1) is 7.47. The fourth-order valence-electron chi connectivity index (χ4n) is 1.87. The SMILES string of the molecule is CC(C)(C)OC(=O)[C@@H]1NCc2ccccc21. The first-order valence-electron chi connectivity index (χ1n) is 5.51. The molecule has 1 aliphatic heterocycles. The topological polar surface area (TPSA) is 38.3 Å². The van der Waals surface area contributed by atoms with Gasteiger partial charge < -0.3 is 4.74 Å². The van der Waals surface area contributed by atoms with Gasteiger partial charge in [0.05, 0.1) is 0 Å². The van der Waals surface area contributed by atoms with Crippen molar-refractivity contribution in [1.82, 2.24) is 5.32 Å². The molecule has 1 aliphatic rings. The van der Waals surface area contributed by atoms with Crippen molar-refractivity contribution in [3.05, 3.63) is 35.4 Å². The molecule has 1 aromatic carbocycles.